The second kappa shape index (κ2) is 14.5. The fraction of sp³-hybridized carbons (Fsp3) is 0.174. The molecule has 0 saturated heterocycles. The molecule has 0 bridgehead atoms. The zero-order valence-corrected chi connectivity index (χ0v) is 19.9. The first kappa shape index (κ1) is 28.4. The third-order valence-corrected chi connectivity index (χ3v) is 4.60. The second-order valence-corrected chi connectivity index (χ2v) is 7.67. The molecule has 3 rings (SSSR count). The van der Waals surface area contributed by atoms with E-state index in [1.54, 1.807) is 42.6 Å². The van der Waals surface area contributed by atoms with Gasteiger partial charge in [0.05, 0.1) is 12.8 Å². The molecule has 0 atom stereocenters. The Hall–Kier alpha value is -3.87. The number of alkyl halides is 4. The maximum absolute atomic E-state index is 12.3. The standard InChI is InChI=1S/C14H12BrF2N3O2.C9H8F2O3/c15-10-5-6-12(18-8-10)19-20-13(21)7-9-3-1-2-4-11(9)22-14(16)17;10-9(11)14-7-4-2-1-3-6(7)5-8(12)13/h1-6,8,14H,7H2,(H,18,19)(H,20,21);1-4,9H,5H2,(H,12,13). The van der Waals surface area contributed by atoms with E-state index in [4.69, 9.17) is 5.11 Å². The number of nitrogens with zero attached hydrogens (tertiary/aromatic N) is 1. The van der Waals surface area contributed by atoms with Gasteiger partial charge in [0.1, 0.15) is 17.3 Å². The number of nitrogens with one attached hydrogen (secondary N) is 2. The number of hydrazine groups is 1. The molecule has 8 nitrogen and oxygen atoms in total. The Morgan fingerprint density at radius 2 is 1.39 bits per heavy atom. The van der Waals surface area contributed by atoms with Crippen LogP contribution in [-0.2, 0) is 22.4 Å². The van der Waals surface area contributed by atoms with Crippen LogP contribution in [0.2, 0.25) is 0 Å². The van der Waals surface area contributed by atoms with Gasteiger partial charge in [0, 0.05) is 21.8 Å². The van der Waals surface area contributed by atoms with Gasteiger partial charge in [-0.25, -0.2) is 4.98 Å². The summed E-state index contributed by atoms with van der Waals surface area (Å²) in [6, 6.07) is 15.4. The number of aliphatic carboxylic acids is 1. The van der Waals surface area contributed by atoms with Crippen LogP contribution < -0.4 is 20.3 Å². The highest BCUT2D eigenvalue weighted by atomic mass is 79.9. The molecular weight excluding hydrogens is 554 g/mol. The van der Waals surface area contributed by atoms with Gasteiger partial charge in [0.25, 0.3) is 0 Å². The van der Waals surface area contributed by atoms with Gasteiger partial charge in [0.2, 0.25) is 5.91 Å². The van der Waals surface area contributed by atoms with E-state index in [2.05, 4.69) is 41.2 Å². The Labute approximate surface area is 211 Å². The van der Waals surface area contributed by atoms with E-state index < -0.39 is 25.1 Å². The molecule has 3 aromatic rings. The molecule has 1 heterocycles. The summed E-state index contributed by atoms with van der Waals surface area (Å²) in [6.45, 7) is -5.88. The summed E-state index contributed by atoms with van der Waals surface area (Å²) < 4.78 is 57.7. The lowest BCUT2D eigenvalue weighted by Gasteiger charge is -2.11. The first-order chi connectivity index (χ1) is 17.1. The van der Waals surface area contributed by atoms with E-state index >= 15 is 0 Å². The number of benzene rings is 2. The molecule has 1 amide bonds. The highest BCUT2D eigenvalue weighted by Crippen LogP contribution is 2.21. The maximum atomic E-state index is 12.3. The molecule has 0 unspecified atom stereocenters. The van der Waals surface area contributed by atoms with Crippen molar-refractivity contribution in [3.63, 3.8) is 0 Å². The fourth-order valence-corrected chi connectivity index (χ4v) is 2.92. The number of carboxylic acids is 1. The number of pyridine rings is 1. The second-order valence-electron chi connectivity index (χ2n) is 6.75. The van der Waals surface area contributed by atoms with Crippen LogP contribution in [0.5, 0.6) is 11.5 Å². The van der Waals surface area contributed by atoms with Crippen molar-refractivity contribution >= 4 is 33.6 Å². The lowest BCUT2D eigenvalue weighted by Crippen LogP contribution is -2.31. The van der Waals surface area contributed by atoms with E-state index in [1.807, 2.05) is 0 Å². The largest absolute Gasteiger partial charge is 0.481 e. The number of amides is 1. The van der Waals surface area contributed by atoms with Crippen LogP contribution in [0.4, 0.5) is 23.4 Å². The van der Waals surface area contributed by atoms with Crippen molar-refractivity contribution in [3.8, 4) is 11.5 Å². The van der Waals surface area contributed by atoms with Crippen molar-refractivity contribution in [2.24, 2.45) is 0 Å². The zero-order valence-electron chi connectivity index (χ0n) is 18.3. The van der Waals surface area contributed by atoms with E-state index in [9.17, 15) is 27.2 Å². The maximum Gasteiger partial charge on any atom is 0.387 e. The number of para-hydroxylation sites is 2. The number of carboxylic acid groups (broad SMARTS) is 1. The van der Waals surface area contributed by atoms with Crippen LogP contribution >= 0.6 is 15.9 Å². The van der Waals surface area contributed by atoms with Crippen molar-refractivity contribution in [1.29, 1.82) is 0 Å². The molecule has 13 heteroatoms. The lowest BCUT2D eigenvalue weighted by atomic mass is 10.1. The number of hydrogen-bond donors (Lipinski definition) is 3. The third kappa shape index (κ3) is 10.6. The predicted molar refractivity (Wildman–Crippen MR) is 125 cm³/mol. The summed E-state index contributed by atoms with van der Waals surface area (Å²) in [7, 11) is 0. The Morgan fingerprint density at radius 1 is 0.861 bits per heavy atom. The monoisotopic (exact) mass is 573 g/mol. The summed E-state index contributed by atoms with van der Waals surface area (Å²) in [5.74, 6) is -1.15. The number of ether oxygens (including phenoxy) is 2. The van der Waals surface area contributed by atoms with Gasteiger partial charge >= 0.3 is 19.2 Å². The predicted octanol–water partition coefficient (Wildman–Crippen LogP) is 5.05. The summed E-state index contributed by atoms with van der Waals surface area (Å²) in [5.41, 5.74) is 5.67. The Morgan fingerprint density at radius 3 is 1.86 bits per heavy atom. The molecule has 0 aliphatic rings. The Kier molecular flexibility index (Phi) is 11.4. The molecule has 0 spiro atoms. The number of halogens is 5. The molecular formula is C23H20BrF4N3O5. The SMILES string of the molecule is O=C(Cc1ccccc1OC(F)F)NNc1ccc(Br)cn1.O=C(O)Cc1ccccc1OC(F)F. The molecule has 0 fully saturated rings. The van der Waals surface area contributed by atoms with Crippen molar-refractivity contribution in [1.82, 2.24) is 10.4 Å². The summed E-state index contributed by atoms with van der Waals surface area (Å²) >= 11 is 3.24. The molecule has 1 aromatic heterocycles. The number of rotatable bonds is 10. The molecule has 2 aromatic carbocycles. The third-order valence-electron chi connectivity index (χ3n) is 4.13. The summed E-state index contributed by atoms with van der Waals surface area (Å²) in [4.78, 5) is 26.2. The highest BCUT2D eigenvalue weighted by molar-refractivity contribution is 9.10. The van der Waals surface area contributed by atoms with Crippen LogP contribution in [-0.4, -0.2) is 35.2 Å². The van der Waals surface area contributed by atoms with Gasteiger partial charge < -0.3 is 14.6 Å². The molecule has 0 aliphatic heterocycles. The Bertz CT molecular complexity index is 1140. The van der Waals surface area contributed by atoms with Gasteiger partial charge in [-0.1, -0.05) is 36.4 Å². The number of carbonyl (C=O) groups is 2. The van der Waals surface area contributed by atoms with Crippen LogP contribution in [0, 0.1) is 0 Å². The van der Waals surface area contributed by atoms with Crippen LogP contribution in [0.3, 0.4) is 0 Å². The number of hydrogen-bond acceptors (Lipinski definition) is 6. The van der Waals surface area contributed by atoms with Crippen molar-refractivity contribution in [3.05, 3.63) is 82.5 Å². The van der Waals surface area contributed by atoms with E-state index in [1.165, 1.54) is 24.3 Å². The summed E-state index contributed by atoms with van der Waals surface area (Å²) in [6.07, 6.45) is 1.13. The number of aromatic nitrogens is 1. The van der Waals surface area contributed by atoms with Gasteiger partial charge in [0.15, 0.2) is 0 Å². The molecule has 192 valence electrons. The van der Waals surface area contributed by atoms with E-state index in [-0.39, 0.29) is 29.9 Å². The molecule has 3 N–H and O–H groups in total. The molecule has 36 heavy (non-hydrogen) atoms. The zero-order chi connectivity index (χ0) is 26.5. The molecule has 0 aliphatic carbocycles. The first-order valence-electron chi connectivity index (χ1n) is 10.1. The van der Waals surface area contributed by atoms with E-state index in [0.717, 1.165) is 4.47 Å². The van der Waals surface area contributed by atoms with Gasteiger partial charge in [-0.2, -0.15) is 17.6 Å². The van der Waals surface area contributed by atoms with Gasteiger partial charge in [-0.15, -0.1) is 0 Å². The van der Waals surface area contributed by atoms with Gasteiger partial charge in [-0.05, 0) is 40.2 Å². The summed E-state index contributed by atoms with van der Waals surface area (Å²) in [5, 5.41) is 8.48. The minimum absolute atomic E-state index is 0.0191. The van der Waals surface area contributed by atoms with Crippen LogP contribution in [0.1, 0.15) is 11.1 Å². The fourth-order valence-electron chi connectivity index (χ4n) is 2.69. The average molecular weight is 574 g/mol. The highest BCUT2D eigenvalue weighted by Gasteiger charge is 2.13. The normalized spacial score (nSPS) is 10.3. The molecule has 0 radical (unpaired) electrons. The number of carbonyl (C=O) groups excluding carboxylic acids is 1. The van der Waals surface area contributed by atoms with Crippen molar-refractivity contribution in [2.75, 3.05) is 5.43 Å². The minimum Gasteiger partial charge on any atom is -0.481 e. The number of anilines is 1. The van der Waals surface area contributed by atoms with E-state index in [0.29, 0.717) is 11.4 Å². The van der Waals surface area contributed by atoms with Crippen LogP contribution in [0.15, 0.2) is 71.3 Å². The quantitative estimate of drug-likeness (QED) is 0.230. The van der Waals surface area contributed by atoms with Crippen molar-refractivity contribution < 1.29 is 41.7 Å². The van der Waals surface area contributed by atoms with Crippen LogP contribution in [0.25, 0.3) is 0 Å². The Balaban J connectivity index is 0.000000281. The van der Waals surface area contributed by atoms with Crippen molar-refractivity contribution in [2.45, 2.75) is 26.1 Å². The average Bonchev–Trinajstić information content (AvgIpc) is 2.81. The van der Waals surface area contributed by atoms with Gasteiger partial charge in [-0.3, -0.25) is 20.4 Å². The first-order valence-corrected chi connectivity index (χ1v) is 10.9. The molecule has 0 saturated carbocycles. The lowest BCUT2D eigenvalue weighted by molar-refractivity contribution is -0.136. The minimum atomic E-state index is -2.94. The smallest absolute Gasteiger partial charge is 0.387 e. The topological polar surface area (TPSA) is 110 Å².